The minimum atomic E-state index is 0.425. The first kappa shape index (κ1) is 14.4. The largest absolute Gasteiger partial charge is 0.508 e. The van der Waals surface area contributed by atoms with Crippen LogP contribution in [0.15, 0.2) is 24.3 Å². The lowest BCUT2D eigenvalue weighted by atomic mass is 9.97. The van der Waals surface area contributed by atoms with Crippen LogP contribution in [0.4, 0.5) is 0 Å². The van der Waals surface area contributed by atoms with E-state index in [2.05, 4.69) is 17.1 Å². The van der Waals surface area contributed by atoms with E-state index in [1.807, 2.05) is 18.2 Å². The molecule has 0 aliphatic carbocycles. The lowest BCUT2D eigenvalue weighted by Crippen LogP contribution is -2.36. The molecular formula is C16H26N2O. The van der Waals surface area contributed by atoms with Gasteiger partial charge in [-0.15, -0.1) is 0 Å². The first-order valence-electron chi connectivity index (χ1n) is 7.49. The predicted octanol–water partition coefficient (Wildman–Crippen LogP) is 2.60. The van der Waals surface area contributed by atoms with Crippen molar-refractivity contribution in [2.45, 2.75) is 32.7 Å². The molecule has 2 rings (SSSR count). The summed E-state index contributed by atoms with van der Waals surface area (Å²) in [6.07, 6.45) is 3.72. The molecule has 0 saturated carbocycles. The van der Waals surface area contributed by atoms with Crippen LogP contribution in [-0.4, -0.2) is 36.2 Å². The first-order valence-corrected chi connectivity index (χ1v) is 7.49. The first-order chi connectivity index (χ1) is 9.29. The molecule has 0 bridgehead atoms. The van der Waals surface area contributed by atoms with Gasteiger partial charge in [-0.1, -0.05) is 25.1 Å². The highest BCUT2D eigenvalue weighted by molar-refractivity contribution is 5.31. The Morgan fingerprint density at radius 3 is 2.68 bits per heavy atom. The molecule has 0 radical (unpaired) electrons. The molecule has 19 heavy (non-hydrogen) atoms. The Bertz CT molecular complexity index is 375. The predicted molar refractivity (Wildman–Crippen MR) is 79.3 cm³/mol. The number of para-hydroxylation sites is 1. The van der Waals surface area contributed by atoms with Crippen LogP contribution in [0.3, 0.4) is 0 Å². The summed E-state index contributed by atoms with van der Waals surface area (Å²) in [6, 6.07) is 7.70. The van der Waals surface area contributed by atoms with Gasteiger partial charge in [0.1, 0.15) is 5.75 Å². The molecule has 0 aromatic heterocycles. The number of hydrogen-bond acceptors (Lipinski definition) is 3. The number of aromatic hydroxyl groups is 1. The molecule has 1 aliphatic heterocycles. The molecule has 106 valence electrons. The SMILES string of the molecule is CCCN(Cc1ccccc1O)CC1CCNCC1. The molecule has 1 aromatic rings. The van der Waals surface area contributed by atoms with Crippen LogP contribution in [0.5, 0.6) is 5.75 Å². The highest BCUT2D eigenvalue weighted by atomic mass is 16.3. The summed E-state index contributed by atoms with van der Waals surface area (Å²) in [5.74, 6) is 1.23. The number of piperidine rings is 1. The summed E-state index contributed by atoms with van der Waals surface area (Å²) in [7, 11) is 0. The molecule has 1 aliphatic rings. The summed E-state index contributed by atoms with van der Waals surface area (Å²) in [6.45, 7) is 7.66. The molecular weight excluding hydrogens is 236 g/mol. The van der Waals surface area contributed by atoms with Gasteiger partial charge in [0.05, 0.1) is 0 Å². The third-order valence-corrected chi connectivity index (χ3v) is 3.90. The van der Waals surface area contributed by atoms with Crippen LogP contribution >= 0.6 is 0 Å². The molecule has 1 fully saturated rings. The molecule has 1 aromatic carbocycles. The molecule has 0 spiro atoms. The number of nitrogens with zero attached hydrogens (tertiary/aromatic N) is 1. The van der Waals surface area contributed by atoms with Gasteiger partial charge in [0.2, 0.25) is 0 Å². The quantitative estimate of drug-likeness (QED) is 0.827. The van der Waals surface area contributed by atoms with Crippen LogP contribution in [-0.2, 0) is 6.54 Å². The van der Waals surface area contributed by atoms with Crippen LogP contribution < -0.4 is 5.32 Å². The minimum Gasteiger partial charge on any atom is -0.508 e. The van der Waals surface area contributed by atoms with Gasteiger partial charge in [-0.05, 0) is 50.9 Å². The van der Waals surface area contributed by atoms with Crippen LogP contribution in [0.2, 0.25) is 0 Å². The normalized spacial score (nSPS) is 16.9. The van der Waals surface area contributed by atoms with Gasteiger partial charge in [0, 0.05) is 18.7 Å². The van der Waals surface area contributed by atoms with Crippen molar-refractivity contribution in [2.75, 3.05) is 26.2 Å². The Balaban J connectivity index is 1.93. The zero-order valence-corrected chi connectivity index (χ0v) is 11.9. The van der Waals surface area contributed by atoms with Crippen LogP contribution in [0.1, 0.15) is 31.7 Å². The Kier molecular flexibility index (Phi) is 5.67. The highest BCUT2D eigenvalue weighted by Crippen LogP contribution is 2.20. The van der Waals surface area contributed by atoms with Crippen molar-refractivity contribution in [3.8, 4) is 5.75 Å². The molecule has 0 unspecified atom stereocenters. The number of phenols is 1. The van der Waals surface area contributed by atoms with Gasteiger partial charge in [0.25, 0.3) is 0 Å². The van der Waals surface area contributed by atoms with Gasteiger partial charge in [0.15, 0.2) is 0 Å². The fourth-order valence-electron chi connectivity index (χ4n) is 2.87. The molecule has 0 amide bonds. The standard InChI is InChI=1S/C16H26N2O/c1-2-11-18(12-14-7-9-17-10-8-14)13-15-5-3-4-6-16(15)19/h3-6,14,17,19H,2,7-13H2,1H3. The van der Waals surface area contributed by atoms with Crippen LogP contribution in [0.25, 0.3) is 0 Å². The van der Waals surface area contributed by atoms with Crippen molar-refractivity contribution in [2.24, 2.45) is 5.92 Å². The Hall–Kier alpha value is -1.06. The molecule has 3 nitrogen and oxygen atoms in total. The Morgan fingerprint density at radius 1 is 1.26 bits per heavy atom. The summed E-state index contributed by atoms with van der Waals surface area (Å²) in [4.78, 5) is 2.49. The summed E-state index contributed by atoms with van der Waals surface area (Å²) in [5, 5.41) is 13.3. The van der Waals surface area contributed by atoms with E-state index in [9.17, 15) is 5.11 Å². The van der Waals surface area contributed by atoms with E-state index in [4.69, 9.17) is 0 Å². The highest BCUT2D eigenvalue weighted by Gasteiger charge is 2.17. The van der Waals surface area contributed by atoms with Gasteiger partial charge in [-0.25, -0.2) is 0 Å². The third-order valence-electron chi connectivity index (χ3n) is 3.90. The van der Waals surface area contributed by atoms with Crippen molar-refractivity contribution in [3.63, 3.8) is 0 Å². The van der Waals surface area contributed by atoms with Gasteiger partial charge < -0.3 is 10.4 Å². The summed E-state index contributed by atoms with van der Waals surface area (Å²) < 4.78 is 0. The fourth-order valence-corrected chi connectivity index (χ4v) is 2.87. The molecule has 3 heteroatoms. The average molecular weight is 262 g/mol. The molecule has 1 saturated heterocycles. The van der Waals surface area contributed by atoms with Gasteiger partial charge in [-0.2, -0.15) is 0 Å². The van der Waals surface area contributed by atoms with E-state index in [0.29, 0.717) is 5.75 Å². The zero-order valence-electron chi connectivity index (χ0n) is 11.9. The summed E-state index contributed by atoms with van der Waals surface area (Å²) >= 11 is 0. The van der Waals surface area contributed by atoms with E-state index < -0.39 is 0 Å². The lowest BCUT2D eigenvalue weighted by Gasteiger charge is -2.30. The smallest absolute Gasteiger partial charge is 0.120 e. The minimum absolute atomic E-state index is 0.425. The van der Waals surface area contributed by atoms with E-state index in [1.165, 1.54) is 19.3 Å². The average Bonchev–Trinajstić information content (AvgIpc) is 2.43. The maximum Gasteiger partial charge on any atom is 0.120 e. The maximum absolute atomic E-state index is 9.90. The van der Waals surface area contributed by atoms with Crippen molar-refractivity contribution in [1.82, 2.24) is 10.2 Å². The van der Waals surface area contributed by atoms with Gasteiger partial charge >= 0.3 is 0 Å². The number of hydrogen-bond donors (Lipinski definition) is 2. The van der Waals surface area contributed by atoms with Crippen molar-refractivity contribution in [3.05, 3.63) is 29.8 Å². The topological polar surface area (TPSA) is 35.5 Å². The zero-order chi connectivity index (χ0) is 13.5. The van der Waals surface area contributed by atoms with Crippen molar-refractivity contribution < 1.29 is 5.11 Å². The number of rotatable bonds is 6. The van der Waals surface area contributed by atoms with E-state index >= 15 is 0 Å². The monoisotopic (exact) mass is 262 g/mol. The Morgan fingerprint density at radius 2 is 2.00 bits per heavy atom. The second-order valence-electron chi connectivity index (χ2n) is 5.56. The number of nitrogens with one attached hydrogen (secondary N) is 1. The van der Waals surface area contributed by atoms with Crippen LogP contribution in [0, 0.1) is 5.92 Å². The van der Waals surface area contributed by atoms with Gasteiger partial charge in [-0.3, -0.25) is 4.90 Å². The van der Waals surface area contributed by atoms with E-state index in [1.54, 1.807) is 6.07 Å². The number of benzene rings is 1. The Labute approximate surface area is 116 Å². The number of phenolic OH excluding ortho intramolecular Hbond substituents is 1. The van der Waals surface area contributed by atoms with Crippen molar-refractivity contribution in [1.29, 1.82) is 0 Å². The van der Waals surface area contributed by atoms with E-state index in [-0.39, 0.29) is 0 Å². The molecule has 2 N–H and O–H groups in total. The molecule has 0 atom stereocenters. The third kappa shape index (κ3) is 4.51. The second kappa shape index (κ2) is 7.51. The van der Waals surface area contributed by atoms with Crippen molar-refractivity contribution >= 4 is 0 Å². The lowest BCUT2D eigenvalue weighted by molar-refractivity contribution is 0.197. The summed E-state index contributed by atoms with van der Waals surface area (Å²) in [5.41, 5.74) is 1.05. The second-order valence-corrected chi connectivity index (χ2v) is 5.56. The van der Waals surface area contributed by atoms with E-state index in [0.717, 1.165) is 44.2 Å². The maximum atomic E-state index is 9.90. The molecule has 1 heterocycles. The fraction of sp³-hybridized carbons (Fsp3) is 0.625.